The molecule has 2 aromatic carbocycles. The lowest BCUT2D eigenvalue weighted by atomic mass is 10.1. The predicted molar refractivity (Wildman–Crippen MR) is 79.4 cm³/mol. The van der Waals surface area contributed by atoms with E-state index in [1.165, 1.54) is 12.1 Å². The van der Waals surface area contributed by atoms with E-state index in [9.17, 15) is 4.39 Å². The molecule has 2 aromatic rings. The number of halogens is 2. The summed E-state index contributed by atoms with van der Waals surface area (Å²) >= 11 is 5.95. The van der Waals surface area contributed by atoms with E-state index in [2.05, 4.69) is 5.16 Å². The van der Waals surface area contributed by atoms with Crippen molar-refractivity contribution in [1.29, 1.82) is 0 Å². The number of benzene rings is 2. The number of hydrogen-bond donors (Lipinski definition) is 2. The van der Waals surface area contributed by atoms with Gasteiger partial charge in [-0.3, -0.25) is 0 Å². The van der Waals surface area contributed by atoms with Crippen molar-refractivity contribution < 1.29 is 14.3 Å². The van der Waals surface area contributed by atoms with Crippen molar-refractivity contribution in [2.75, 3.05) is 0 Å². The van der Waals surface area contributed by atoms with E-state index >= 15 is 0 Å². The van der Waals surface area contributed by atoms with Crippen LogP contribution in [-0.2, 0) is 6.61 Å². The van der Waals surface area contributed by atoms with Crippen LogP contribution < -0.4 is 10.5 Å². The molecule has 21 heavy (non-hydrogen) atoms. The summed E-state index contributed by atoms with van der Waals surface area (Å²) in [6, 6.07) is 9.32. The van der Waals surface area contributed by atoms with Gasteiger partial charge in [-0.1, -0.05) is 35.0 Å². The van der Waals surface area contributed by atoms with E-state index in [1.807, 2.05) is 6.92 Å². The molecular formula is C15H14ClFN2O2. The summed E-state index contributed by atoms with van der Waals surface area (Å²) in [6.45, 7) is 2.07. The zero-order valence-electron chi connectivity index (χ0n) is 11.3. The predicted octanol–water partition coefficient (Wildman–Crippen LogP) is 3.46. The smallest absolute Gasteiger partial charge is 0.170 e. The highest BCUT2D eigenvalue weighted by atomic mass is 35.5. The van der Waals surface area contributed by atoms with Crippen molar-refractivity contribution in [2.45, 2.75) is 13.5 Å². The Morgan fingerprint density at radius 3 is 2.76 bits per heavy atom. The van der Waals surface area contributed by atoms with Crippen molar-refractivity contribution in [2.24, 2.45) is 10.9 Å². The molecule has 0 aliphatic rings. The molecular weight excluding hydrogens is 295 g/mol. The van der Waals surface area contributed by atoms with E-state index in [4.69, 9.17) is 27.3 Å². The third-order valence-electron chi connectivity index (χ3n) is 2.99. The molecule has 3 N–H and O–H groups in total. The summed E-state index contributed by atoms with van der Waals surface area (Å²) in [6.07, 6.45) is 0. The molecule has 0 atom stereocenters. The lowest BCUT2D eigenvalue weighted by Crippen LogP contribution is -2.13. The quantitative estimate of drug-likeness (QED) is 0.393. The Balaban J connectivity index is 2.19. The van der Waals surface area contributed by atoms with Gasteiger partial charge >= 0.3 is 0 Å². The molecule has 0 saturated carbocycles. The fraction of sp³-hybridized carbons (Fsp3) is 0.133. The van der Waals surface area contributed by atoms with Crippen molar-refractivity contribution in [3.05, 3.63) is 63.9 Å². The Kier molecular flexibility index (Phi) is 4.65. The molecule has 0 radical (unpaired) electrons. The highest BCUT2D eigenvalue weighted by Crippen LogP contribution is 2.23. The first kappa shape index (κ1) is 15.1. The van der Waals surface area contributed by atoms with E-state index < -0.39 is 5.82 Å². The van der Waals surface area contributed by atoms with Crippen molar-refractivity contribution in [3.63, 3.8) is 0 Å². The monoisotopic (exact) mass is 308 g/mol. The van der Waals surface area contributed by atoms with Crippen molar-refractivity contribution >= 4 is 17.4 Å². The highest BCUT2D eigenvalue weighted by molar-refractivity contribution is 6.31. The highest BCUT2D eigenvalue weighted by Gasteiger charge is 2.07. The molecule has 110 valence electrons. The third-order valence-corrected chi connectivity index (χ3v) is 3.34. The van der Waals surface area contributed by atoms with Crippen LogP contribution in [0.15, 0.2) is 41.6 Å². The molecule has 2 rings (SSSR count). The number of nitrogens with two attached hydrogens (primary N) is 1. The molecule has 4 nitrogen and oxygen atoms in total. The number of oxime groups is 1. The second-order valence-corrected chi connectivity index (χ2v) is 4.90. The summed E-state index contributed by atoms with van der Waals surface area (Å²) in [4.78, 5) is 0. The standard InChI is InChI=1S/C15H14ClFN2O2/c1-9-2-3-10(15(18)19-20)6-14(9)21-8-11-4-5-12(17)7-13(11)16/h2-7,20H,8H2,1H3,(H2,18,19). The number of ether oxygens (including phenoxy) is 1. The minimum Gasteiger partial charge on any atom is -0.489 e. The maximum Gasteiger partial charge on any atom is 0.170 e. The molecule has 0 aliphatic carbocycles. The van der Waals surface area contributed by atoms with Gasteiger partial charge in [-0.2, -0.15) is 0 Å². The molecule has 0 bridgehead atoms. The molecule has 6 heteroatoms. The van der Waals surface area contributed by atoms with Crippen LogP contribution >= 0.6 is 11.6 Å². The Labute approximate surface area is 126 Å². The topological polar surface area (TPSA) is 67.8 Å². The Morgan fingerprint density at radius 1 is 1.33 bits per heavy atom. The van der Waals surface area contributed by atoms with Crippen LogP contribution in [0.25, 0.3) is 0 Å². The van der Waals surface area contributed by atoms with E-state index in [1.54, 1.807) is 24.3 Å². The van der Waals surface area contributed by atoms with E-state index in [0.717, 1.165) is 5.56 Å². The Morgan fingerprint density at radius 2 is 2.10 bits per heavy atom. The number of rotatable bonds is 4. The largest absolute Gasteiger partial charge is 0.489 e. The van der Waals surface area contributed by atoms with E-state index in [0.29, 0.717) is 21.9 Å². The van der Waals surface area contributed by atoms with Crippen LogP contribution in [0.5, 0.6) is 5.75 Å². The lowest BCUT2D eigenvalue weighted by Gasteiger charge is -2.11. The van der Waals surface area contributed by atoms with Crippen LogP contribution in [0, 0.1) is 12.7 Å². The van der Waals surface area contributed by atoms with Crippen LogP contribution in [0.4, 0.5) is 4.39 Å². The zero-order valence-corrected chi connectivity index (χ0v) is 12.1. The summed E-state index contributed by atoms with van der Waals surface area (Å²) in [5.74, 6) is 0.188. The molecule has 0 spiro atoms. The van der Waals surface area contributed by atoms with Gasteiger partial charge < -0.3 is 15.7 Å². The first-order valence-electron chi connectivity index (χ1n) is 6.16. The van der Waals surface area contributed by atoms with Crippen LogP contribution in [0.1, 0.15) is 16.7 Å². The van der Waals surface area contributed by atoms with Gasteiger partial charge in [0.1, 0.15) is 18.2 Å². The third kappa shape index (κ3) is 3.64. The SMILES string of the molecule is Cc1ccc(/C(N)=N/O)cc1OCc1ccc(F)cc1Cl. The molecule has 0 heterocycles. The van der Waals surface area contributed by atoms with Gasteiger partial charge in [0.15, 0.2) is 5.84 Å². The van der Waals surface area contributed by atoms with E-state index in [-0.39, 0.29) is 12.4 Å². The van der Waals surface area contributed by atoms with Gasteiger partial charge in [-0.15, -0.1) is 0 Å². The molecule has 0 amide bonds. The number of hydrogen-bond acceptors (Lipinski definition) is 3. The second kappa shape index (κ2) is 6.45. The van der Waals surface area contributed by atoms with Gasteiger partial charge in [-0.05, 0) is 30.7 Å². The zero-order chi connectivity index (χ0) is 15.4. The number of nitrogens with zero attached hydrogens (tertiary/aromatic N) is 1. The molecule has 0 saturated heterocycles. The van der Waals surface area contributed by atoms with Gasteiger partial charge in [0.2, 0.25) is 0 Å². The maximum absolute atomic E-state index is 13.0. The lowest BCUT2D eigenvalue weighted by molar-refractivity contribution is 0.304. The molecule has 0 aliphatic heterocycles. The van der Waals surface area contributed by atoms with Gasteiger partial charge in [0.05, 0.1) is 5.02 Å². The number of aryl methyl sites for hydroxylation is 1. The summed E-state index contributed by atoms with van der Waals surface area (Å²) in [5, 5.41) is 11.9. The fourth-order valence-electron chi connectivity index (χ4n) is 1.77. The number of amidine groups is 1. The Hall–Kier alpha value is -2.27. The first-order chi connectivity index (χ1) is 10.0. The molecule has 0 unspecified atom stereocenters. The maximum atomic E-state index is 13.0. The summed E-state index contributed by atoms with van der Waals surface area (Å²) in [7, 11) is 0. The second-order valence-electron chi connectivity index (χ2n) is 4.49. The summed E-state index contributed by atoms with van der Waals surface area (Å²) < 4.78 is 18.7. The summed E-state index contributed by atoms with van der Waals surface area (Å²) in [5.41, 5.74) is 7.65. The van der Waals surface area contributed by atoms with Crippen LogP contribution in [0.3, 0.4) is 0 Å². The first-order valence-corrected chi connectivity index (χ1v) is 6.54. The van der Waals surface area contributed by atoms with Crippen LogP contribution in [0.2, 0.25) is 5.02 Å². The van der Waals surface area contributed by atoms with Gasteiger partial charge in [0.25, 0.3) is 0 Å². The minimum absolute atomic E-state index is 0.000311. The normalized spacial score (nSPS) is 11.5. The molecule has 0 fully saturated rings. The van der Waals surface area contributed by atoms with Gasteiger partial charge in [0, 0.05) is 11.1 Å². The average Bonchev–Trinajstić information content (AvgIpc) is 2.47. The average molecular weight is 309 g/mol. The Bertz CT molecular complexity index is 689. The fourth-order valence-corrected chi connectivity index (χ4v) is 1.99. The van der Waals surface area contributed by atoms with Crippen molar-refractivity contribution in [3.8, 4) is 5.75 Å². The minimum atomic E-state index is -0.395. The van der Waals surface area contributed by atoms with Crippen molar-refractivity contribution in [1.82, 2.24) is 0 Å². The molecule has 0 aromatic heterocycles. The van der Waals surface area contributed by atoms with Crippen LogP contribution in [-0.4, -0.2) is 11.0 Å². The van der Waals surface area contributed by atoms with Gasteiger partial charge in [-0.25, -0.2) is 4.39 Å².